The van der Waals surface area contributed by atoms with Gasteiger partial charge >= 0.3 is 5.97 Å². The van der Waals surface area contributed by atoms with Crippen molar-refractivity contribution >= 4 is 23.0 Å². The molecular weight excluding hydrogens is 450 g/mol. The Morgan fingerprint density at radius 1 is 1.32 bits per heavy atom. The van der Waals surface area contributed by atoms with Crippen LogP contribution in [0.4, 0.5) is 5.82 Å². The first kappa shape index (κ1) is 22.6. The Balaban J connectivity index is 1.57. The third-order valence-corrected chi connectivity index (χ3v) is 5.77. The molecule has 14 nitrogen and oxygen atoms in total. The molecule has 0 saturated carbocycles. The third kappa shape index (κ3) is 3.99. The van der Waals surface area contributed by atoms with Crippen LogP contribution in [0.3, 0.4) is 0 Å². The number of fused-ring (bicyclic) bond motifs is 1. The smallest absolute Gasteiger partial charge is 0.341 e. The summed E-state index contributed by atoms with van der Waals surface area (Å²) in [5.74, 6) is 0.0277. The van der Waals surface area contributed by atoms with E-state index < -0.39 is 37.1 Å². The van der Waals surface area contributed by atoms with Crippen molar-refractivity contribution in [3.63, 3.8) is 0 Å². The van der Waals surface area contributed by atoms with Crippen molar-refractivity contribution in [1.82, 2.24) is 29.3 Å². The normalized spacial score (nSPS) is 26.9. The molecule has 2 aliphatic heterocycles. The van der Waals surface area contributed by atoms with E-state index in [9.17, 15) is 20.1 Å². The number of aromatic nitrogens is 6. The zero-order valence-corrected chi connectivity index (χ0v) is 18.3. The molecule has 0 bridgehead atoms. The van der Waals surface area contributed by atoms with Crippen molar-refractivity contribution < 1.29 is 34.3 Å². The predicted molar refractivity (Wildman–Crippen MR) is 114 cm³/mol. The van der Waals surface area contributed by atoms with Gasteiger partial charge in [-0.1, -0.05) is 0 Å². The maximum atomic E-state index is 12.1. The second kappa shape index (κ2) is 9.23. The lowest BCUT2D eigenvalue weighted by molar-refractivity contribution is -0.0511. The quantitative estimate of drug-likeness (QED) is 0.307. The molecule has 5 heterocycles. The molecular formula is C20H25N7O7. The van der Waals surface area contributed by atoms with Crippen molar-refractivity contribution in [3.05, 3.63) is 24.3 Å². The fourth-order valence-electron chi connectivity index (χ4n) is 4.00. The van der Waals surface area contributed by atoms with Crippen LogP contribution in [0.25, 0.3) is 17.1 Å². The van der Waals surface area contributed by atoms with Gasteiger partial charge < -0.3 is 34.8 Å². The summed E-state index contributed by atoms with van der Waals surface area (Å²) in [7, 11) is 0. The number of anilines is 1. The van der Waals surface area contributed by atoms with Crippen LogP contribution in [0.1, 0.15) is 29.9 Å². The molecule has 0 spiro atoms. The number of carbonyl (C=O) groups is 1. The van der Waals surface area contributed by atoms with Crippen molar-refractivity contribution in [2.24, 2.45) is 0 Å². The van der Waals surface area contributed by atoms with Gasteiger partial charge in [0, 0.05) is 12.8 Å². The van der Waals surface area contributed by atoms with Crippen LogP contribution in [-0.2, 0) is 14.2 Å². The minimum atomic E-state index is -1.31. The molecule has 182 valence electrons. The number of carbonyl (C=O) groups excluding carboxylic acids is 1. The number of nitrogens with zero attached hydrogens (tertiary/aromatic N) is 6. The largest absolute Gasteiger partial charge is 0.462 e. The van der Waals surface area contributed by atoms with Crippen LogP contribution in [0.15, 0.2) is 18.7 Å². The first-order valence-electron chi connectivity index (χ1n) is 10.9. The SMILES string of the molecule is CCOC(=O)c1cnn(-c2nc(N[C@@H]3CCOC3)c3ncn([C@@H]4O[C@H](CO)[C@@H](O)[C@H]4O)c3n2)c1. The first-order chi connectivity index (χ1) is 16.5. The van der Waals surface area contributed by atoms with E-state index in [2.05, 4.69) is 25.4 Å². The lowest BCUT2D eigenvalue weighted by Crippen LogP contribution is -2.33. The number of esters is 1. The van der Waals surface area contributed by atoms with Gasteiger partial charge in [-0.15, -0.1) is 0 Å². The molecule has 2 saturated heterocycles. The number of imidazole rings is 1. The molecule has 14 heteroatoms. The minimum Gasteiger partial charge on any atom is -0.462 e. The van der Waals surface area contributed by atoms with E-state index in [1.54, 1.807) is 6.92 Å². The minimum absolute atomic E-state index is 0.0118. The monoisotopic (exact) mass is 475 g/mol. The Morgan fingerprint density at radius 2 is 2.18 bits per heavy atom. The Morgan fingerprint density at radius 3 is 2.88 bits per heavy atom. The van der Waals surface area contributed by atoms with Crippen LogP contribution >= 0.6 is 0 Å². The molecule has 2 fully saturated rings. The summed E-state index contributed by atoms with van der Waals surface area (Å²) in [4.78, 5) is 25.6. The van der Waals surface area contributed by atoms with Gasteiger partial charge in [0.15, 0.2) is 23.2 Å². The lowest BCUT2D eigenvalue weighted by Gasteiger charge is -2.17. The van der Waals surface area contributed by atoms with Crippen LogP contribution < -0.4 is 5.32 Å². The summed E-state index contributed by atoms with van der Waals surface area (Å²) in [6.45, 7) is 2.61. The summed E-state index contributed by atoms with van der Waals surface area (Å²) < 4.78 is 18.9. The van der Waals surface area contributed by atoms with E-state index in [1.165, 1.54) is 28.0 Å². The Bertz CT molecular complexity index is 1180. The van der Waals surface area contributed by atoms with Gasteiger partial charge in [-0.2, -0.15) is 15.1 Å². The van der Waals surface area contributed by atoms with E-state index in [1.807, 2.05) is 0 Å². The molecule has 34 heavy (non-hydrogen) atoms. The van der Waals surface area contributed by atoms with Crippen molar-refractivity contribution in [1.29, 1.82) is 0 Å². The van der Waals surface area contributed by atoms with E-state index in [0.717, 1.165) is 6.42 Å². The number of aliphatic hydroxyl groups excluding tert-OH is 3. The molecule has 0 aromatic carbocycles. The molecule has 2 aliphatic rings. The predicted octanol–water partition coefficient (Wildman–Crippen LogP) is -0.999. The topological polar surface area (TPSA) is 179 Å². The van der Waals surface area contributed by atoms with Gasteiger partial charge in [-0.3, -0.25) is 4.57 Å². The van der Waals surface area contributed by atoms with Crippen molar-refractivity contribution in [3.8, 4) is 5.95 Å². The highest BCUT2D eigenvalue weighted by atomic mass is 16.6. The number of ether oxygens (including phenoxy) is 3. The second-order valence-corrected chi connectivity index (χ2v) is 8.02. The van der Waals surface area contributed by atoms with Gasteiger partial charge in [0.1, 0.15) is 18.3 Å². The van der Waals surface area contributed by atoms with Crippen LogP contribution in [-0.4, -0.2) is 101 Å². The maximum absolute atomic E-state index is 12.1. The van der Waals surface area contributed by atoms with E-state index in [0.29, 0.717) is 30.2 Å². The zero-order valence-electron chi connectivity index (χ0n) is 18.3. The lowest BCUT2D eigenvalue weighted by atomic mass is 10.1. The molecule has 4 N–H and O–H groups in total. The number of rotatable bonds is 7. The third-order valence-electron chi connectivity index (χ3n) is 5.77. The Hall–Kier alpha value is -3.17. The van der Waals surface area contributed by atoms with Gasteiger partial charge in [-0.05, 0) is 13.3 Å². The molecule has 0 unspecified atom stereocenters. The molecule has 5 atom stereocenters. The standard InChI is InChI=1S/C20H25N7O7/c1-2-33-19(31)10-5-22-27(6-10)20-24-16(23-11-3-4-32-8-11)13-17(25-20)26(9-21-13)18-15(30)14(29)12(7-28)34-18/h5-6,9,11-12,14-15,18,28-30H,2-4,7-8H2,1H3,(H,23,24,25)/t11-,12-,14-,15-,18-/m1/s1. The first-order valence-corrected chi connectivity index (χ1v) is 10.9. The fraction of sp³-hybridized carbons (Fsp3) is 0.550. The summed E-state index contributed by atoms with van der Waals surface area (Å²) >= 11 is 0. The Labute approximate surface area is 193 Å². The molecule has 3 aromatic rings. The summed E-state index contributed by atoms with van der Waals surface area (Å²) in [6.07, 6.45) is 0.438. The van der Waals surface area contributed by atoms with Gasteiger partial charge in [0.05, 0.1) is 44.0 Å². The maximum Gasteiger partial charge on any atom is 0.341 e. The zero-order chi connectivity index (χ0) is 23.8. The molecule has 0 amide bonds. The van der Waals surface area contributed by atoms with Crippen molar-refractivity contribution in [2.45, 2.75) is 43.9 Å². The van der Waals surface area contributed by atoms with Gasteiger partial charge in [-0.25, -0.2) is 14.5 Å². The van der Waals surface area contributed by atoms with Gasteiger partial charge in [0.25, 0.3) is 5.95 Å². The summed E-state index contributed by atoms with van der Waals surface area (Å²) in [6, 6.07) is 0.0118. The molecule has 0 radical (unpaired) electrons. The number of aliphatic hydroxyl groups is 3. The average molecular weight is 475 g/mol. The average Bonchev–Trinajstić information content (AvgIpc) is 3.62. The van der Waals surface area contributed by atoms with Crippen LogP contribution in [0, 0.1) is 0 Å². The number of nitrogens with one attached hydrogen (secondary N) is 1. The highest BCUT2D eigenvalue weighted by Crippen LogP contribution is 2.33. The van der Waals surface area contributed by atoms with Crippen LogP contribution in [0.5, 0.6) is 0 Å². The molecule has 3 aromatic heterocycles. The number of hydrogen-bond donors (Lipinski definition) is 4. The second-order valence-electron chi connectivity index (χ2n) is 8.02. The van der Waals surface area contributed by atoms with E-state index in [4.69, 9.17) is 14.2 Å². The summed E-state index contributed by atoms with van der Waals surface area (Å²) in [5.41, 5.74) is 0.946. The van der Waals surface area contributed by atoms with Crippen LogP contribution in [0.2, 0.25) is 0 Å². The Kier molecular flexibility index (Phi) is 6.14. The summed E-state index contributed by atoms with van der Waals surface area (Å²) in [5, 5.41) is 37.6. The van der Waals surface area contributed by atoms with E-state index >= 15 is 0 Å². The fourth-order valence-corrected chi connectivity index (χ4v) is 4.00. The van der Waals surface area contributed by atoms with E-state index in [-0.39, 0.29) is 24.2 Å². The highest BCUT2D eigenvalue weighted by Gasteiger charge is 2.44. The molecule has 0 aliphatic carbocycles. The van der Waals surface area contributed by atoms with Crippen molar-refractivity contribution in [2.75, 3.05) is 31.7 Å². The molecule has 5 rings (SSSR count). The van der Waals surface area contributed by atoms with Gasteiger partial charge in [0.2, 0.25) is 0 Å². The highest BCUT2D eigenvalue weighted by molar-refractivity contribution is 5.89. The number of hydrogen-bond acceptors (Lipinski definition) is 12.